The van der Waals surface area contributed by atoms with Gasteiger partial charge in [-0.2, -0.15) is 5.10 Å². The Labute approximate surface area is 165 Å². The van der Waals surface area contributed by atoms with Gasteiger partial charge in [0.25, 0.3) is 0 Å². The molecule has 1 aliphatic heterocycles. The van der Waals surface area contributed by atoms with Gasteiger partial charge in [-0.3, -0.25) is 4.79 Å². The molecule has 0 fully saturated rings. The van der Waals surface area contributed by atoms with Crippen LogP contribution in [-0.2, 0) is 17.8 Å². The number of nitrogens with one attached hydrogen (secondary N) is 1. The number of carbonyl (C=O) groups excluding carboxylic acids is 1. The molecule has 27 heavy (non-hydrogen) atoms. The first-order valence-corrected chi connectivity index (χ1v) is 9.42. The maximum atomic E-state index is 12.4. The summed E-state index contributed by atoms with van der Waals surface area (Å²) in [5.74, 6) is 2.11. The van der Waals surface area contributed by atoms with Crippen molar-refractivity contribution >= 4 is 27.7 Å². The number of aromatic nitrogens is 2. The monoisotopic (exact) mass is 427 g/mol. The SMILES string of the molecule is O=C(CCc1ccc2c(c1)OCO2)Nc1ccnn1Cc1ccccc1Br. The first-order valence-electron chi connectivity index (χ1n) is 8.62. The highest BCUT2D eigenvalue weighted by Gasteiger charge is 2.14. The van der Waals surface area contributed by atoms with Crippen molar-refractivity contribution in [2.24, 2.45) is 0 Å². The summed E-state index contributed by atoms with van der Waals surface area (Å²) in [6.07, 6.45) is 2.69. The van der Waals surface area contributed by atoms with E-state index in [4.69, 9.17) is 9.47 Å². The van der Waals surface area contributed by atoms with Gasteiger partial charge in [0.2, 0.25) is 12.7 Å². The van der Waals surface area contributed by atoms with Crippen LogP contribution in [-0.4, -0.2) is 22.5 Å². The topological polar surface area (TPSA) is 65.4 Å². The molecule has 0 aliphatic carbocycles. The summed E-state index contributed by atoms with van der Waals surface area (Å²) in [5, 5.41) is 7.26. The minimum atomic E-state index is -0.0541. The molecule has 3 aromatic rings. The summed E-state index contributed by atoms with van der Waals surface area (Å²) in [6.45, 7) is 0.826. The van der Waals surface area contributed by atoms with Gasteiger partial charge in [-0.15, -0.1) is 0 Å². The van der Waals surface area contributed by atoms with Crippen molar-refractivity contribution in [3.63, 3.8) is 0 Å². The van der Waals surface area contributed by atoms with Crippen molar-refractivity contribution in [2.75, 3.05) is 12.1 Å². The van der Waals surface area contributed by atoms with Crippen molar-refractivity contribution in [3.05, 3.63) is 70.3 Å². The number of nitrogens with zero attached hydrogens (tertiary/aromatic N) is 2. The Hall–Kier alpha value is -2.80. The highest BCUT2D eigenvalue weighted by atomic mass is 79.9. The second-order valence-corrected chi connectivity index (χ2v) is 7.06. The lowest BCUT2D eigenvalue weighted by Gasteiger charge is -2.10. The lowest BCUT2D eigenvalue weighted by molar-refractivity contribution is -0.116. The van der Waals surface area contributed by atoms with Crippen LogP contribution in [0.3, 0.4) is 0 Å². The average molecular weight is 428 g/mol. The normalized spacial score (nSPS) is 12.2. The van der Waals surface area contributed by atoms with Gasteiger partial charge in [0.15, 0.2) is 11.5 Å². The number of rotatable bonds is 6. The van der Waals surface area contributed by atoms with Gasteiger partial charge >= 0.3 is 0 Å². The maximum absolute atomic E-state index is 12.4. The number of hydrogen-bond acceptors (Lipinski definition) is 4. The van der Waals surface area contributed by atoms with E-state index in [0.717, 1.165) is 27.1 Å². The molecule has 0 saturated carbocycles. The van der Waals surface area contributed by atoms with Crippen LogP contribution in [0.25, 0.3) is 0 Å². The zero-order valence-electron chi connectivity index (χ0n) is 14.5. The van der Waals surface area contributed by atoms with Crippen LogP contribution in [0.5, 0.6) is 11.5 Å². The van der Waals surface area contributed by atoms with Gasteiger partial charge in [-0.1, -0.05) is 40.2 Å². The quantitative estimate of drug-likeness (QED) is 0.645. The Morgan fingerprint density at radius 3 is 2.89 bits per heavy atom. The molecule has 1 amide bonds. The number of aryl methyl sites for hydroxylation is 1. The van der Waals surface area contributed by atoms with Gasteiger partial charge in [0.1, 0.15) is 5.82 Å². The van der Waals surface area contributed by atoms with E-state index in [0.29, 0.717) is 25.2 Å². The summed E-state index contributed by atoms with van der Waals surface area (Å²) >= 11 is 3.54. The van der Waals surface area contributed by atoms with E-state index < -0.39 is 0 Å². The molecule has 138 valence electrons. The molecule has 1 aromatic heterocycles. The molecule has 2 heterocycles. The molecular weight excluding hydrogens is 410 g/mol. The third kappa shape index (κ3) is 4.14. The van der Waals surface area contributed by atoms with E-state index >= 15 is 0 Å². The molecule has 7 heteroatoms. The molecular formula is C20H18BrN3O3. The molecule has 0 radical (unpaired) electrons. The number of carbonyl (C=O) groups is 1. The molecule has 0 atom stereocenters. The fraction of sp³-hybridized carbons (Fsp3) is 0.200. The fourth-order valence-electron chi connectivity index (χ4n) is 2.91. The van der Waals surface area contributed by atoms with Crippen molar-refractivity contribution < 1.29 is 14.3 Å². The first-order chi connectivity index (χ1) is 13.2. The number of hydrogen-bond donors (Lipinski definition) is 1. The Morgan fingerprint density at radius 1 is 1.15 bits per heavy atom. The third-order valence-corrected chi connectivity index (χ3v) is 5.11. The molecule has 4 rings (SSSR count). The molecule has 0 bridgehead atoms. The maximum Gasteiger partial charge on any atom is 0.231 e. The highest BCUT2D eigenvalue weighted by Crippen LogP contribution is 2.32. The largest absolute Gasteiger partial charge is 0.454 e. The predicted molar refractivity (Wildman–Crippen MR) is 105 cm³/mol. The van der Waals surface area contributed by atoms with E-state index in [1.54, 1.807) is 16.9 Å². The van der Waals surface area contributed by atoms with Gasteiger partial charge in [0, 0.05) is 17.0 Å². The van der Waals surface area contributed by atoms with E-state index in [2.05, 4.69) is 26.3 Å². The van der Waals surface area contributed by atoms with Gasteiger partial charge < -0.3 is 14.8 Å². The van der Waals surface area contributed by atoms with E-state index in [1.165, 1.54) is 0 Å². The summed E-state index contributed by atoms with van der Waals surface area (Å²) < 4.78 is 13.5. The Kier molecular flexibility index (Phi) is 5.11. The minimum Gasteiger partial charge on any atom is -0.454 e. The number of fused-ring (bicyclic) bond motifs is 1. The number of anilines is 1. The summed E-state index contributed by atoms with van der Waals surface area (Å²) in [6, 6.07) is 15.5. The number of amides is 1. The van der Waals surface area contributed by atoms with Gasteiger partial charge in [-0.05, 0) is 35.7 Å². The van der Waals surface area contributed by atoms with Crippen LogP contribution in [0.1, 0.15) is 17.5 Å². The second kappa shape index (κ2) is 7.84. The van der Waals surface area contributed by atoms with Crippen LogP contribution in [0.15, 0.2) is 59.2 Å². The second-order valence-electron chi connectivity index (χ2n) is 6.20. The standard InChI is InChI=1S/C20H18BrN3O3/c21-16-4-2-1-3-15(16)12-24-19(9-10-22-24)23-20(25)8-6-14-5-7-17-18(11-14)27-13-26-17/h1-5,7,9-11H,6,8,12-13H2,(H,23,25). The van der Waals surface area contributed by atoms with E-state index in [1.807, 2.05) is 42.5 Å². The number of benzene rings is 2. The third-order valence-electron chi connectivity index (χ3n) is 4.34. The van der Waals surface area contributed by atoms with Crippen LogP contribution in [0, 0.1) is 0 Å². The summed E-state index contributed by atoms with van der Waals surface area (Å²) in [4.78, 5) is 12.4. The summed E-state index contributed by atoms with van der Waals surface area (Å²) in [5.41, 5.74) is 2.13. The molecule has 0 unspecified atom stereocenters. The van der Waals surface area contributed by atoms with Crippen LogP contribution in [0.4, 0.5) is 5.82 Å². The zero-order chi connectivity index (χ0) is 18.6. The number of ether oxygens (including phenoxy) is 2. The van der Waals surface area contributed by atoms with Gasteiger partial charge in [-0.25, -0.2) is 4.68 Å². The molecule has 0 saturated heterocycles. The van der Waals surface area contributed by atoms with E-state index in [9.17, 15) is 4.79 Å². The minimum absolute atomic E-state index is 0.0541. The predicted octanol–water partition coefficient (Wildman–Crippen LogP) is 3.99. The van der Waals surface area contributed by atoms with Crippen LogP contribution in [0.2, 0.25) is 0 Å². The Balaban J connectivity index is 1.36. The van der Waals surface area contributed by atoms with Crippen LogP contribution >= 0.6 is 15.9 Å². The van der Waals surface area contributed by atoms with E-state index in [-0.39, 0.29) is 12.7 Å². The van der Waals surface area contributed by atoms with Crippen molar-refractivity contribution in [3.8, 4) is 11.5 Å². The smallest absolute Gasteiger partial charge is 0.231 e. The van der Waals surface area contributed by atoms with Crippen molar-refractivity contribution in [2.45, 2.75) is 19.4 Å². The molecule has 0 spiro atoms. The lowest BCUT2D eigenvalue weighted by Crippen LogP contribution is -2.16. The number of halogens is 1. The Bertz CT molecular complexity index is 971. The first kappa shape index (κ1) is 17.6. The molecule has 2 aromatic carbocycles. The highest BCUT2D eigenvalue weighted by molar-refractivity contribution is 9.10. The summed E-state index contributed by atoms with van der Waals surface area (Å²) in [7, 11) is 0. The molecule has 1 N–H and O–H groups in total. The fourth-order valence-corrected chi connectivity index (χ4v) is 3.32. The van der Waals surface area contributed by atoms with Crippen LogP contribution < -0.4 is 14.8 Å². The van der Waals surface area contributed by atoms with Gasteiger partial charge in [0.05, 0.1) is 12.7 Å². The Morgan fingerprint density at radius 2 is 2.00 bits per heavy atom. The lowest BCUT2D eigenvalue weighted by atomic mass is 10.1. The molecule has 6 nitrogen and oxygen atoms in total. The molecule has 1 aliphatic rings. The van der Waals surface area contributed by atoms with Crippen molar-refractivity contribution in [1.29, 1.82) is 0 Å². The van der Waals surface area contributed by atoms with Crippen molar-refractivity contribution in [1.82, 2.24) is 9.78 Å². The zero-order valence-corrected chi connectivity index (χ0v) is 16.1. The average Bonchev–Trinajstić information content (AvgIpc) is 3.31.